The van der Waals surface area contributed by atoms with Crippen LogP contribution in [0.4, 0.5) is 0 Å². The number of piperidine rings is 2. The fourth-order valence-electron chi connectivity index (χ4n) is 4.23. The van der Waals surface area contributed by atoms with Gasteiger partial charge < -0.3 is 4.90 Å². The number of nitrogens with zero attached hydrogens (tertiary/aromatic N) is 3. The van der Waals surface area contributed by atoms with E-state index in [2.05, 4.69) is 22.1 Å². The van der Waals surface area contributed by atoms with Crippen molar-refractivity contribution >= 4 is 22.8 Å². The average Bonchev–Trinajstić information content (AvgIpc) is 2.97. The molecule has 1 aromatic carbocycles. The van der Waals surface area contributed by atoms with Gasteiger partial charge in [-0.2, -0.15) is 0 Å². The molecule has 4 rings (SSSR count). The number of hydrogen-bond acceptors (Lipinski definition) is 4. The molecule has 2 aliphatic heterocycles. The van der Waals surface area contributed by atoms with E-state index in [9.17, 15) is 14.4 Å². The van der Waals surface area contributed by atoms with Crippen LogP contribution in [0.2, 0.25) is 0 Å². The maximum Gasteiger partial charge on any atom is 0.329 e. The van der Waals surface area contributed by atoms with Gasteiger partial charge in [0.25, 0.3) is 0 Å². The molecule has 1 unspecified atom stereocenters. The van der Waals surface area contributed by atoms with E-state index in [1.54, 1.807) is 7.05 Å². The molecule has 0 aliphatic carbocycles. The minimum Gasteiger partial charge on any atom is -0.302 e. The smallest absolute Gasteiger partial charge is 0.302 e. The highest BCUT2D eigenvalue weighted by Crippen LogP contribution is 2.23. The summed E-state index contributed by atoms with van der Waals surface area (Å²) in [5.41, 5.74) is 2.02. The second-order valence-electron chi connectivity index (χ2n) is 7.84. The topological polar surface area (TPSA) is 76.3 Å². The Hall–Kier alpha value is -2.85. The van der Waals surface area contributed by atoms with Crippen LogP contribution in [-0.4, -0.2) is 45.5 Å². The maximum atomic E-state index is 12.8. The molecule has 29 heavy (non-hydrogen) atoms. The number of benzene rings is 1. The van der Waals surface area contributed by atoms with Crippen LogP contribution in [-0.2, 0) is 16.6 Å². The monoisotopic (exact) mass is 394 g/mol. The van der Waals surface area contributed by atoms with Gasteiger partial charge >= 0.3 is 5.69 Å². The molecule has 2 amide bonds. The summed E-state index contributed by atoms with van der Waals surface area (Å²) in [6.07, 6.45) is 5.29. The third-order valence-electron chi connectivity index (χ3n) is 5.85. The van der Waals surface area contributed by atoms with E-state index in [0.29, 0.717) is 11.9 Å². The van der Waals surface area contributed by atoms with Crippen molar-refractivity contribution in [2.75, 3.05) is 19.6 Å². The summed E-state index contributed by atoms with van der Waals surface area (Å²) < 4.78 is 3.03. The fourth-order valence-corrected chi connectivity index (χ4v) is 4.23. The number of aryl methyl sites for hydroxylation is 1. The van der Waals surface area contributed by atoms with Gasteiger partial charge in [0.15, 0.2) is 0 Å². The fraction of sp³-hybridized carbons (Fsp3) is 0.500. The van der Waals surface area contributed by atoms with Crippen LogP contribution in [0.5, 0.6) is 0 Å². The molecule has 0 spiro atoms. The molecule has 7 heteroatoms. The lowest BCUT2D eigenvalue weighted by Gasteiger charge is -2.25. The Labute approximate surface area is 169 Å². The van der Waals surface area contributed by atoms with Crippen molar-refractivity contribution in [3.8, 4) is 11.8 Å². The normalized spacial score (nSPS) is 20.4. The lowest BCUT2D eigenvalue weighted by atomic mass is 10.1. The Balaban J connectivity index is 1.55. The number of nitrogens with one attached hydrogen (secondary N) is 1. The summed E-state index contributed by atoms with van der Waals surface area (Å²) in [4.78, 5) is 38.9. The molecule has 0 saturated carbocycles. The summed E-state index contributed by atoms with van der Waals surface area (Å²) in [7, 11) is 1.70. The van der Waals surface area contributed by atoms with E-state index in [1.165, 1.54) is 41.5 Å². The number of aromatic nitrogens is 2. The van der Waals surface area contributed by atoms with E-state index >= 15 is 0 Å². The van der Waals surface area contributed by atoms with Crippen LogP contribution in [0, 0.1) is 11.8 Å². The highest BCUT2D eigenvalue weighted by molar-refractivity contribution is 6.00. The van der Waals surface area contributed by atoms with Crippen molar-refractivity contribution in [2.24, 2.45) is 7.05 Å². The quantitative estimate of drug-likeness (QED) is 0.633. The first kappa shape index (κ1) is 19.5. The SMILES string of the molecule is Cn1c(=O)n(C2CCC(=O)NC2=O)c2ccc(C#CCCN3CCCCC3)cc21. The zero-order valence-corrected chi connectivity index (χ0v) is 16.7. The van der Waals surface area contributed by atoms with Crippen molar-refractivity contribution in [2.45, 2.75) is 44.6 Å². The van der Waals surface area contributed by atoms with Crippen molar-refractivity contribution in [3.05, 3.63) is 34.2 Å². The maximum absolute atomic E-state index is 12.8. The van der Waals surface area contributed by atoms with Crippen molar-refractivity contribution in [3.63, 3.8) is 0 Å². The zero-order chi connectivity index (χ0) is 20.4. The van der Waals surface area contributed by atoms with Gasteiger partial charge in [0.1, 0.15) is 6.04 Å². The highest BCUT2D eigenvalue weighted by Gasteiger charge is 2.31. The number of amides is 2. The average molecular weight is 394 g/mol. The standard InChI is InChI=1S/C22H26N4O3/c1-24-19-15-16(7-3-6-14-25-12-4-2-5-13-25)8-9-17(19)26(22(24)29)18-10-11-20(27)23-21(18)28/h8-9,15,18H,2,4-6,10-14H2,1H3,(H,23,27,28). The number of likely N-dealkylation sites (tertiary alicyclic amines) is 1. The Morgan fingerprint density at radius 2 is 1.90 bits per heavy atom. The number of imidazole rings is 1. The summed E-state index contributed by atoms with van der Waals surface area (Å²) in [5, 5.41) is 2.33. The van der Waals surface area contributed by atoms with Gasteiger partial charge in [-0.1, -0.05) is 18.3 Å². The molecule has 1 aromatic heterocycles. The Morgan fingerprint density at radius 1 is 1.10 bits per heavy atom. The zero-order valence-electron chi connectivity index (χ0n) is 16.7. The van der Waals surface area contributed by atoms with Gasteiger partial charge in [-0.15, -0.1) is 0 Å². The number of carbonyl (C=O) groups excluding carboxylic acids is 2. The molecular formula is C22H26N4O3. The minimum atomic E-state index is -0.662. The molecule has 2 aromatic rings. The lowest BCUT2D eigenvalue weighted by molar-refractivity contribution is -0.135. The highest BCUT2D eigenvalue weighted by atomic mass is 16.2. The van der Waals surface area contributed by atoms with E-state index in [0.717, 1.165) is 24.0 Å². The lowest BCUT2D eigenvalue weighted by Crippen LogP contribution is -2.44. The molecule has 1 N–H and O–H groups in total. The number of fused-ring (bicyclic) bond motifs is 1. The number of hydrogen-bond donors (Lipinski definition) is 1. The molecule has 3 heterocycles. The molecule has 0 radical (unpaired) electrons. The predicted octanol–water partition coefficient (Wildman–Crippen LogP) is 1.55. The second-order valence-corrected chi connectivity index (χ2v) is 7.84. The summed E-state index contributed by atoms with van der Waals surface area (Å²) >= 11 is 0. The van der Waals surface area contributed by atoms with Crippen LogP contribution in [0.1, 0.15) is 50.1 Å². The molecular weight excluding hydrogens is 368 g/mol. The predicted molar refractivity (Wildman–Crippen MR) is 110 cm³/mol. The molecule has 1 atom stereocenters. The van der Waals surface area contributed by atoms with E-state index in [-0.39, 0.29) is 18.0 Å². The second kappa shape index (κ2) is 8.26. The first-order chi connectivity index (χ1) is 14.0. The van der Waals surface area contributed by atoms with E-state index in [4.69, 9.17) is 0 Å². The van der Waals surface area contributed by atoms with Gasteiger partial charge in [-0.05, 0) is 50.6 Å². The Bertz CT molecular complexity index is 1060. The third kappa shape index (κ3) is 3.99. The van der Waals surface area contributed by atoms with Gasteiger partial charge in [0, 0.05) is 32.0 Å². The van der Waals surface area contributed by atoms with Crippen LogP contribution in [0.25, 0.3) is 11.0 Å². The summed E-state index contributed by atoms with van der Waals surface area (Å²) in [5.74, 6) is 5.73. The van der Waals surface area contributed by atoms with Crippen LogP contribution < -0.4 is 11.0 Å². The number of imide groups is 1. The molecule has 2 fully saturated rings. The van der Waals surface area contributed by atoms with Gasteiger partial charge in [0.05, 0.1) is 11.0 Å². The number of carbonyl (C=O) groups is 2. The van der Waals surface area contributed by atoms with Crippen molar-refractivity contribution in [1.29, 1.82) is 0 Å². The van der Waals surface area contributed by atoms with E-state index in [1.807, 2.05) is 18.2 Å². The molecule has 0 bridgehead atoms. The Morgan fingerprint density at radius 3 is 2.66 bits per heavy atom. The largest absolute Gasteiger partial charge is 0.329 e. The molecule has 2 saturated heterocycles. The van der Waals surface area contributed by atoms with Gasteiger partial charge in [0.2, 0.25) is 11.8 Å². The third-order valence-corrected chi connectivity index (χ3v) is 5.85. The first-order valence-corrected chi connectivity index (χ1v) is 10.3. The molecule has 2 aliphatic rings. The number of rotatable bonds is 3. The van der Waals surface area contributed by atoms with Gasteiger partial charge in [-0.3, -0.25) is 24.0 Å². The summed E-state index contributed by atoms with van der Waals surface area (Å²) in [6.45, 7) is 3.34. The first-order valence-electron chi connectivity index (χ1n) is 10.3. The van der Waals surface area contributed by atoms with Crippen LogP contribution >= 0.6 is 0 Å². The van der Waals surface area contributed by atoms with Crippen molar-refractivity contribution < 1.29 is 9.59 Å². The van der Waals surface area contributed by atoms with Crippen LogP contribution in [0.3, 0.4) is 0 Å². The summed E-state index contributed by atoms with van der Waals surface area (Å²) in [6, 6.07) is 4.96. The molecule has 7 nitrogen and oxygen atoms in total. The minimum absolute atomic E-state index is 0.236. The van der Waals surface area contributed by atoms with Gasteiger partial charge in [-0.25, -0.2) is 4.79 Å². The molecule has 152 valence electrons. The van der Waals surface area contributed by atoms with Crippen LogP contribution in [0.15, 0.2) is 23.0 Å². The Kier molecular flexibility index (Phi) is 5.54. The van der Waals surface area contributed by atoms with Crippen molar-refractivity contribution in [1.82, 2.24) is 19.4 Å². The van der Waals surface area contributed by atoms with E-state index < -0.39 is 11.9 Å².